The quantitative estimate of drug-likeness (QED) is 0.586. The Morgan fingerprint density at radius 3 is 2.62 bits per heavy atom. The fourth-order valence-electron chi connectivity index (χ4n) is 0.874. The summed E-state index contributed by atoms with van der Waals surface area (Å²) in [7, 11) is 0. The SMILES string of the molecule is CCCNCC(=O)NCC(C)CC. The molecule has 0 heterocycles. The third-order valence-corrected chi connectivity index (χ3v) is 2.06. The van der Waals surface area contributed by atoms with E-state index in [1.165, 1.54) is 0 Å². The van der Waals surface area contributed by atoms with Gasteiger partial charge in [-0.15, -0.1) is 0 Å². The van der Waals surface area contributed by atoms with E-state index in [0.29, 0.717) is 12.5 Å². The van der Waals surface area contributed by atoms with E-state index in [1.54, 1.807) is 0 Å². The fourth-order valence-corrected chi connectivity index (χ4v) is 0.874. The summed E-state index contributed by atoms with van der Waals surface area (Å²) in [5.41, 5.74) is 0. The van der Waals surface area contributed by atoms with Gasteiger partial charge in [0.05, 0.1) is 6.54 Å². The second-order valence-corrected chi connectivity index (χ2v) is 3.49. The first-order chi connectivity index (χ1) is 6.20. The second-order valence-electron chi connectivity index (χ2n) is 3.49. The standard InChI is InChI=1S/C10H22N2O/c1-4-6-11-8-10(13)12-7-9(3)5-2/h9,11H,4-8H2,1-3H3,(H,12,13). The maximum Gasteiger partial charge on any atom is 0.233 e. The highest BCUT2D eigenvalue weighted by Crippen LogP contribution is 1.96. The zero-order valence-electron chi connectivity index (χ0n) is 9.02. The van der Waals surface area contributed by atoms with Gasteiger partial charge in [0.15, 0.2) is 0 Å². The monoisotopic (exact) mass is 186 g/mol. The van der Waals surface area contributed by atoms with Crippen molar-refractivity contribution >= 4 is 5.91 Å². The van der Waals surface area contributed by atoms with Crippen molar-refractivity contribution in [3.05, 3.63) is 0 Å². The molecule has 0 aliphatic rings. The number of rotatable bonds is 7. The lowest BCUT2D eigenvalue weighted by molar-refractivity contribution is -0.120. The first-order valence-electron chi connectivity index (χ1n) is 5.18. The molecule has 0 saturated carbocycles. The molecule has 2 N–H and O–H groups in total. The number of carbonyl (C=O) groups excluding carboxylic acids is 1. The molecule has 0 radical (unpaired) electrons. The predicted molar refractivity (Wildman–Crippen MR) is 55.6 cm³/mol. The van der Waals surface area contributed by atoms with E-state index in [4.69, 9.17) is 0 Å². The normalized spacial score (nSPS) is 12.5. The molecule has 0 bridgehead atoms. The predicted octanol–water partition coefficient (Wildman–Crippen LogP) is 1.15. The van der Waals surface area contributed by atoms with Crippen LogP contribution in [0.5, 0.6) is 0 Å². The average molecular weight is 186 g/mol. The van der Waals surface area contributed by atoms with E-state index < -0.39 is 0 Å². The molecule has 0 aromatic carbocycles. The van der Waals surface area contributed by atoms with Gasteiger partial charge in [0.25, 0.3) is 0 Å². The largest absolute Gasteiger partial charge is 0.355 e. The van der Waals surface area contributed by atoms with Crippen LogP contribution < -0.4 is 10.6 Å². The molecule has 0 aromatic rings. The van der Waals surface area contributed by atoms with Gasteiger partial charge in [-0.25, -0.2) is 0 Å². The topological polar surface area (TPSA) is 41.1 Å². The third kappa shape index (κ3) is 7.78. The van der Waals surface area contributed by atoms with Gasteiger partial charge < -0.3 is 10.6 Å². The van der Waals surface area contributed by atoms with Crippen LogP contribution in [0, 0.1) is 5.92 Å². The fraction of sp³-hybridized carbons (Fsp3) is 0.900. The Labute approximate surface area is 81.3 Å². The molecule has 1 unspecified atom stereocenters. The average Bonchev–Trinajstić information content (AvgIpc) is 2.14. The summed E-state index contributed by atoms with van der Waals surface area (Å²) in [6, 6.07) is 0. The van der Waals surface area contributed by atoms with Gasteiger partial charge in [0, 0.05) is 6.54 Å². The van der Waals surface area contributed by atoms with Gasteiger partial charge in [0.1, 0.15) is 0 Å². The molecule has 13 heavy (non-hydrogen) atoms. The van der Waals surface area contributed by atoms with E-state index in [9.17, 15) is 4.79 Å². The summed E-state index contributed by atoms with van der Waals surface area (Å²) in [4.78, 5) is 11.2. The van der Waals surface area contributed by atoms with Crippen LogP contribution in [0.3, 0.4) is 0 Å². The third-order valence-electron chi connectivity index (χ3n) is 2.06. The van der Waals surface area contributed by atoms with Crippen LogP contribution in [0.1, 0.15) is 33.6 Å². The lowest BCUT2D eigenvalue weighted by atomic mass is 10.1. The molecule has 0 aliphatic heterocycles. The Kier molecular flexibility index (Phi) is 7.69. The van der Waals surface area contributed by atoms with Crippen molar-refractivity contribution in [2.45, 2.75) is 33.6 Å². The number of hydrogen-bond acceptors (Lipinski definition) is 2. The highest BCUT2D eigenvalue weighted by Gasteiger charge is 2.02. The lowest BCUT2D eigenvalue weighted by Gasteiger charge is -2.10. The Morgan fingerprint density at radius 2 is 2.08 bits per heavy atom. The molecule has 0 aromatic heterocycles. The van der Waals surface area contributed by atoms with Crippen LogP contribution in [0.25, 0.3) is 0 Å². The Morgan fingerprint density at radius 1 is 1.38 bits per heavy atom. The summed E-state index contributed by atoms with van der Waals surface area (Å²) >= 11 is 0. The molecule has 0 saturated heterocycles. The maximum atomic E-state index is 11.2. The van der Waals surface area contributed by atoms with Crippen LogP contribution in [0.2, 0.25) is 0 Å². The first kappa shape index (κ1) is 12.4. The van der Waals surface area contributed by atoms with Crippen LogP contribution in [0.4, 0.5) is 0 Å². The molecule has 78 valence electrons. The van der Waals surface area contributed by atoms with Crippen LogP contribution in [-0.4, -0.2) is 25.5 Å². The number of carbonyl (C=O) groups is 1. The Balaban J connectivity index is 3.30. The zero-order chi connectivity index (χ0) is 10.1. The Hall–Kier alpha value is -0.570. The maximum absolute atomic E-state index is 11.2. The number of hydrogen-bond donors (Lipinski definition) is 2. The minimum absolute atomic E-state index is 0.105. The first-order valence-corrected chi connectivity index (χ1v) is 5.18. The number of nitrogens with one attached hydrogen (secondary N) is 2. The molecule has 0 aliphatic carbocycles. The minimum Gasteiger partial charge on any atom is -0.355 e. The van der Waals surface area contributed by atoms with Crippen molar-refractivity contribution in [2.24, 2.45) is 5.92 Å². The Bertz CT molecular complexity index is 137. The molecule has 0 fully saturated rings. The van der Waals surface area contributed by atoms with Crippen molar-refractivity contribution in [3.63, 3.8) is 0 Å². The molecular weight excluding hydrogens is 164 g/mol. The lowest BCUT2D eigenvalue weighted by Crippen LogP contribution is -2.36. The molecule has 1 amide bonds. The van der Waals surface area contributed by atoms with Gasteiger partial charge in [0.2, 0.25) is 5.91 Å². The summed E-state index contributed by atoms with van der Waals surface area (Å²) in [5.74, 6) is 0.684. The smallest absolute Gasteiger partial charge is 0.233 e. The molecular formula is C10H22N2O. The van der Waals surface area contributed by atoms with Crippen molar-refractivity contribution in [1.82, 2.24) is 10.6 Å². The van der Waals surface area contributed by atoms with Gasteiger partial charge in [-0.2, -0.15) is 0 Å². The van der Waals surface area contributed by atoms with Crippen molar-refractivity contribution in [1.29, 1.82) is 0 Å². The van der Waals surface area contributed by atoms with E-state index in [1.807, 2.05) is 0 Å². The summed E-state index contributed by atoms with van der Waals surface area (Å²) in [6.45, 7) is 8.51. The van der Waals surface area contributed by atoms with Crippen LogP contribution >= 0.6 is 0 Å². The van der Waals surface area contributed by atoms with Crippen molar-refractivity contribution < 1.29 is 4.79 Å². The van der Waals surface area contributed by atoms with E-state index in [2.05, 4.69) is 31.4 Å². The van der Waals surface area contributed by atoms with Gasteiger partial charge in [-0.1, -0.05) is 27.2 Å². The zero-order valence-corrected chi connectivity index (χ0v) is 9.02. The summed E-state index contributed by atoms with van der Waals surface area (Å²) < 4.78 is 0. The minimum atomic E-state index is 0.105. The van der Waals surface area contributed by atoms with Crippen molar-refractivity contribution in [2.75, 3.05) is 19.6 Å². The molecule has 1 atom stereocenters. The van der Waals surface area contributed by atoms with Crippen LogP contribution in [-0.2, 0) is 4.79 Å². The highest BCUT2D eigenvalue weighted by atomic mass is 16.1. The van der Waals surface area contributed by atoms with Crippen molar-refractivity contribution in [3.8, 4) is 0 Å². The van der Waals surface area contributed by atoms with Gasteiger partial charge >= 0.3 is 0 Å². The highest BCUT2D eigenvalue weighted by molar-refractivity contribution is 5.77. The molecule has 0 rings (SSSR count). The summed E-state index contributed by atoms with van der Waals surface area (Å²) in [5, 5.41) is 5.96. The van der Waals surface area contributed by atoms with Crippen LogP contribution in [0.15, 0.2) is 0 Å². The molecule has 0 spiro atoms. The molecule has 3 nitrogen and oxygen atoms in total. The van der Waals surface area contributed by atoms with Gasteiger partial charge in [-0.3, -0.25) is 4.79 Å². The second kappa shape index (κ2) is 8.05. The van der Waals surface area contributed by atoms with E-state index >= 15 is 0 Å². The summed E-state index contributed by atoms with van der Waals surface area (Å²) in [6.07, 6.45) is 2.18. The number of amides is 1. The van der Waals surface area contributed by atoms with Gasteiger partial charge in [-0.05, 0) is 18.9 Å². The van der Waals surface area contributed by atoms with E-state index in [-0.39, 0.29) is 5.91 Å². The molecule has 3 heteroatoms. The van der Waals surface area contributed by atoms with E-state index in [0.717, 1.165) is 25.9 Å².